The molecule has 0 aliphatic heterocycles. The van der Waals surface area contributed by atoms with Gasteiger partial charge >= 0.3 is 0 Å². The van der Waals surface area contributed by atoms with Crippen molar-refractivity contribution in [3.8, 4) is 11.4 Å². The van der Waals surface area contributed by atoms with Crippen molar-refractivity contribution in [2.45, 2.75) is 49.2 Å². The average Bonchev–Trinajstić information content (AvgIpc) is 3.13. The zero-order valence-corrected chi connectivity index (χ0v) is 17.1. The number of methoxy groups -OCH3 is 1. The molecule has 1 heterocycles. The van der Waals surface area contributed by atoms with E-state index in [1.54, 1.807) is 13.3 Å². The van der Waals surface area contributed by atoms with Gasteiger partial charge in [0.05, 0.1) is 18.6 Å². The van der Waals surface area contributed by atoms with E-state index in [1.165, 1.54) is 50.3 Å². The van der Waals surface area contributed by atoms with Crippen LogP contribution in [-0.4, -0.2) is 33.9 Å². The monoisotopic (exact) mass is 397 g/mol. The van der Waals surface area contributed by atoms with E-state index in [0.717, 1.165) is 34.3 Å². The van der Waals surface area contributed by atoms with Crippen LogP contribution in [0.5, 0.6) is 5.75 Å². The van der Waals surface area contributed by atoms with Gasteiger partial charge in [0, 0.05) is 24.0 Å². The Morgan fingerprint density at radius 1 is 1.25 bits per heavy atom. The molecule has 2 aromatic rings. The van der Waals surface area contributed by atoms with Crippen LogP contribution < -0.4 is 10.1 Å². The Morgan fingerprint density at radius 2 is 1.96 bits per heavy atom. The summed E-state index contributed by atoms with van der Waals surface area (Å²) in [5, 5.41) is 4.28. The molecular formula is C22H27N3O2S. The van der Waals surface area contributed by atoms with Crippen molar-refractivity contribution < 1.29 is 9.53 Å². The second-order valence-corrected chi connectivity index (χ2v) is 9.76. The van der Waals surface area contributed by atoms with Crippen LogP contribution in [0, 0.1) is 17.8 Å². The summed E-state index contributed by atoms with van der Waals surface area (Å²) in [6, 6.07) is 7.87. The smallest absolute Gasteiger partial charge is 0.230 e. The molecule has 28 heavy (non-hydrogen) atoms. The first-order chi connectivity index (χ1) is 13.6. The Morgan fingerprint density at radius 3 is 2.64 bits per heavy atom. The number of ether oxygens (including phenoxy) is 1. The number of benzene rings is 1. The number of nitrogens with one attached hydrogen (secondary N) is 1. The van der Waals surface area contributed by atoms with Gasteiger partial charge < -0.3 is 10.1 Å². The maximum Gasteiger partial charge on any atom is 0.230 e. The lowest BCUT2D eigenvalue weighted by atomic mass is 9.53. The normalized spacial score (nSPS) is 30.4. The summed E-state index contributed by atoms with van der Waals surface area (Å²) in [7, 11) is 1.66. The highest BCUT2D eigenvalue weighted by atomic mass is 32.2. The summed E-state index contributed by atoms with van der Waals surface area (Å²) in [4.78, 5) is 17.2. The Bertz CT molecular complexity index is 843. The van der Waals surface area contributed by atoms with Gasteiger partial charge in [-0.1, -0.05) is 17.8 Å². The van der Waals surface area contributed by atoms with Crippen molar-refractivity contribution in [2.24, 2.45) is 17.8 Å². The van der Waals surface area contributed by atoms with Gasteiger partial charge in [0.2, 0.25) is 5.91 Å². The maximum absolute atomic E-state index is 12.8. The van der Waals surface area contributed by atoms with Crippen LogP contribution in [0.25, 0.3) is 5.69 Å². The topological polar surface area (TPSA) is 56.2 Å². The predicted molar refractivity (Wildman–Crippen MR) is 110 cm³/mol. The number of imidazole rings is 1. The fourth-order valence-electron chi connectivity index (χ4n) is 6.08. The van der Waals surface area contributed by atoms with E-state index in [2.05, 4.69) is 10.3 Å². The largest absolute Gasteiger partial charge is 0.497 e. The van der Waals surface area contributed by atoms with Gasteiger partial charge in [0.1, 0.15) is 5.75 Å². The molecule has 4 saturated carbocycles. The quantitative estimate of drug-likeness (QED) is 0.747. The molecule has 6 rings (SSSR count). The summed E-state index contributed by atoms with van der Waals surface area (Å²) >= 11 is 1.50. The van der Waals surface area contributed by atoms with Crippen molar-refractivity contribution in [2.75, 3.05) is 12.9 Å². The molecule has 0 spiro atoms. The molecule has 0 saturated heterocycles. The Hall–Kier alpha value is -1.95. The van der Waals surface area contributed by atoms with Gasteiger partial charge in [-0.25, -0.2) is 4.98 Å². The summed E-state index contributed by atoms with van der Waals surface area (Å²) in [6.45, 7) is 0. The molecule has 4 aliphatic carbocycles. The first-order valence-electron chi connectivity index (χ1n) is 10.2. The first kappa shape index (κ1) is 18.1. The summed E-state index contributed by atoms with van der Waals surface area (Å²) in [5.41, 5.74) is 1.06. The molecule has 6 heteroatoms. The van der Waals surface area contributed by atoms with Crippen LogP contribution in [-0.2, 0) is 4.79 Å². The van der Waals surface area contributed by atoms with Crippen LogP contribution in [0.2, 0.25) is 0 Å². The molecule has 4 bridgehead atoms. The molecule has 1 N–H and O–H groups in total. The SMILES string of the molecule is COc1cccc(-n2ccnc2SCC(=O)NC23CC4CC(CC(C4)C2)C3)c1. The van der Waals surface area contributed by atoms with E-state index in [-0.39, 0.29) is 11.4 Å². The molecule has 5 nitrogen and oxygen atoms in total. The number of carbonyl (C=O) groups excluding carboxylic acids is 1. The highest BCUT2D eigenvalue weighted by Crippen LogP contribution is 2.55. The number of carbonyl (C=O) groups is 1. The van der Waals surface area contributed by atoms with E-state index in [9.17, 15) is 4.79 Å². The third-order valence-electron chi connectivity index (χ3n) is 6.71. The van der Waals surface area contributed by atoms with Gasteiger partial charge in [0.15, 0.2) is 5.16 Å². The van der Waals surface area contributed by atoms with Crippen LogP contribution in [0.1, 0.15) is 38.5 Å². The highest BCUT2D eigenvalue weighted by Gasteiger charge is 2.51. The fourth-order valence-corrected chi connectivity index (χ4v) is 6.85. The third-order valence-corrected chi connectivity index (χ3v) is 7.68. The van der Waals surface area contributed by atoms with Crippen molar-refractivity contribution in [1.82, 2.24) is 14.9 Å². The minimum absolute atomic E-state index is 0.0780. The number of nitrogens with zero attached hydrogens (tertiary/aromatic N) is 2. The van der Waals surface area contributed by atoms with Crippen molar-refractivity contribution in [3.05, 3.63) is 36.7 Å². The number of thioether (sulfide) groups is 1. The second kappa shape index (κ2) is 7.14. The molecule has 4 aliphatic rings. The summed E-state index contributed by atoms with van der Waals surface area (Å²) < 4.78 is 7.33. The van der Waals surface area contributed by atoms with E-state index in [0.29, 0.717) is 5.75 Å². The zero-order chi connectivity index (χ0) is 19.1. The van der Waals surface area contributed by atoms with Gasteiger partial charge in [-0.3, -0.25) is 9.36 Å². The van der Waals surface area contributed by atoms with Gasteiger partial charge in [-0.2, -0.15) is 0 Å². The Balaban J connectivity index is 1.24. The lowest BCUT2D eigenvalue weighted by molar-refractivity contribution is -0.124. The van der Waals surface area contributed by atoms with Crippen molar-refractivity contribution in [1.29, 1.82) is 0 Å². The van der Waals surface area contributed by atoms with Crippen LogP contribution >= 0.6 is 11.8 Å². The number of hydrogen-bond donors (Lipinski definition) is 1. The Kier molecular flexibility index (Phi) is 4.62. The third kappa shape index (κ3) is 3.43. The van der Waals surface area contributed by atoms with Crippen LogP contribution in [0.4, 0.5) is 0 Å². The molecule has 1 amide bonds. The van der Waals surface area contributed by atoms with E-state index in [4.69, 9.17) is 4.74 Å². The van der Waals surface area contributed by atoms with E-state index >= 15 is 0 Å². The maximum atomic E-state index is 12.8. The molecule has 4 fully saturated rings. The molecule has 0 radical (unpaired) electrons. The molecule has 1 aromatic heterocycles. The molecule has 148 valence electrons. The van der Waals surface area contributed by atoms with Gasteiger partial charge in [-0.15, -0.1) is 0 Å². The summed E-state index contributed by atoms with van der Waals surface area (Å²) in [6.07, 6.45) is 11.4. The van der Waals surface area contributed by atoms with Crippen LogP contribution in [0.3, 0.4) is 0 Å². The van der Waals surface area contributed by atoms with Crippen molar-refractivity contribution >= 4 is 17.7 Å². The molecule has 0 unspecified atom stereocenters. The van der Waals surface area contributed by atoms with Crippen LogP contribution in [0.15, 0.2) is 41.8 Å². The summed E-state index contributed by atoms with van der Waals surface area (Å²) in [5.74, 6) is 3.88. The number of amides is 1. The average molecular weight is 398 g/mol. The fraction of sp³-hybridized carbons (Fsp3) is 0.545. The van der Waals surface area contributed by atoms with E-state index < -0.39 is 0 Å². The minimum Gasteiger partial charge on any atom is -0.497 e. The second-order valence-electron chi connectivity index (χ2n) is 8.82. The highest BCUT2D eigenvalue weighted by molar-refractivity contribution is 7.99. The molecule has 0 atom stereocenters. The van der Waals surface area contributed by atoms with E-state index in [1.807, 2.05) is 35.0 Å². The molecular weight excluding hydrogens is 370 g/mol. The number of aromatic nitrogens is 2. The molecule has 1 aromatic carbocycles. The van der Waals surface area contributed by atoms with Gasteiger partial charge in [-0.05, 0) is 68.4 Å². The predicted octanol–water partition coefficient (Wildman–Crippen LogP) is 4.06. The van der Waals surface area contributed by atoms with Crippen molar-refractivity contribution in [3.63, 3.8) is 0 Å². The first-order valence-corrected chi connectivity index (χ1v) is 11.2. The Labute approximate surface area is 170 Å². The van der Waals surface area contributed by atoms with Gasteiger partial charge in [0.25, 0.3) is 0 Å². The standard InChI is InChI=1S/C22H27N3O2S/c1-27-19-4-2-3-18(10-19)25-6-5-23-21(25)28-14-20(26)24-22-11-15-7-16(12-22)9-17(8-15)13-22/h2-6,10,15-17H,7-9,11-14H2,1H3,(H,24,26). The lowest BCUT2D eigenvalue weighted by Gasteiger charge is -2.56. The lowest BCUT2D eigenvalue weighted by Crippen LogP contribution is -2.60. The minimum atomic E-state index is 0.0780. The number of hydrogen-bond acceptors (Lipinski definition) is 4. The number of rotatable bonds is 6. The zero-order valence-electron chi connectivity index (χ0n) is 16.3.